The maximum atomic E-state index is 12.6. The molecule has 78 valence electrons. The van der Waals surface area contributed by atoms with Crippen LogP contribution in [0.4, 0.5) is 4.39 Å². The van der Waals surface area contributed by atoms with Crippen LogP contribution in [0.2, 0.25) is 0 Å². The lowest BCUT2D eigenvalue weighted by Gasteiger charge is -1.97. The Hall–Kier alpha value is -1.75. The fourth-order valence-electron chi connectivity index (χ4n) is 1.28. The number of nitrogens with two attached hydrogens (primary N) is 1. The first-order chi connectivity index (χ1) is 7.29. The molecule has 0 saturated carbocycles. The Morgan fingerprint density at radius 3 is 2.80 bits per heavy atom. The molecule has 0 unspecified atom stereocenters. The van der Waals surface area contributed by atoms with Crippen LogP contribution >= 0.6 is 0 Å². The highest BCUT2D eigenvalue weighted by Crippen LogP contribution is 2.13. The SMILES string of the molecule is NCCn1ccc(-c2ccc(F)cn2)n1. The van der Waals surface area contributed by atoms with Crippen LogP contribution in [0.5, 0.6) is 0 Å². The third kappa shape index (κ3) is 2.19. The minimum Gasteiger partial charge on any atom is -0.329 e. The lowest BCUT2D eigenvalue weighted by Crippen LogP contribution is -2.10. The van der Waals surface area contributed by atoms with Crippen LogP contribution in [-0.2, 0) is 6.54 Å². The summed E-state index contributed by atoms with van der Waals surface area (Å²) < 4.78 is 14.4. The number of rotatable bonds is 3. The molecule has 0 aliphatic heterocycles. The first-order valence-electron chi connectivity index (χ1n) is 4.65. The molecule has 0 atom stereocenters. The maximum Gasteiger partial charge on any atom is 0.141 e. The molecule has 2 rings (SSSR count). The smallest absolute Gasteiger partial charge is 0.141 e. The Bertz CT molecular complexity index is 435. The standard InChI is InChI=1S/C10H11FN4/c11-8-1-2-9(13-7-8)10-3-5-15(14-10)6-4-12/h1-3,5,7H,4,6,12H2. The monoisotopic (exact) mass is 206 g/mol. The van der Waals surface area contributed by atoms with E-state index in [0.29, 0.717) is 18.8 Å². The van der Waals surface area contributed by atoms with E-state index >= 15 is 0 Å². The molecule has 2 heterocycles. The highest BCUT2D eigenvalue weighted by molar-refractivity contribution is 5.52. The van der Waals surface area contributed by atoms with Gasteiger partial charge in [0, 0.05) is 12.7 Å². The second-order valence-corrected chi connectivity index (χ2v) is 3.11. The molecule has 2 N–H and O–H groups in total. The van der Waals surface area contributed by atoms with E-state index < -0.39 is 0 Å². The van der Waals surface area contributed by atoms with Crippen LogP contribution < -0.4 is 5.73 Å². The molecule has 0 radical (unpaired) electrons. The van der Waals surface area contributed by atoms with Crippen molar-refractivity contribution in [2.75, 3.05) is 6.54 Å². The average Bonchev–Trinajstić information content (AvgIpc) is 2.68. The summed E-state index contributed by atoms with van der Waals surface area (Å²) in [5, 5.41) is 4.25. The lowest BCUT2D eigenvalue weighted by atomic mass is 10.3. The van der Waals surface area contributed by atoms with Gasteiger partial charge >= 0.3 is 0 Å². The van der Waals surface area contributed by atoms with Crippen LogP contribution in [0.15, 0.2) is 30.6 Å². The Morgan fingerprint density at radius 1 is 1.27 bits per heavy atom. The first kappa shape index (κ1) is 9.79. The lowest BCUT2D eigenvalue weighted by molar-refractivity contribution is 0.620. The normalized spacial score (nSPS) is 10.5. The van der Waals surface area contributed by atoms with Gasteiger partial charge in [-0.05, 0) is 18.2 Å². The summed E-state index contributed by atoms with van der Waals surface area (Å²) in [4.78, 5) is 3.94. The Morgan fingerprint density at radius 2 is 2.13 bits per heavy atom. The van der Waals surface area contributed by atoms with Gasteiger partial charge in [-0.1, -0.05) is 0 Å². The highest BCUT2D eigenvalue weighted by atomic mass is 19.1. The van der Waals surface area contributed by atoms with E-state index in [0.717, 1.165) is 5.69 Å². The number of hydrogen-bond acceptors (Lipinski definition) is 3. The van der Waals surface area contributed by atoms with E-state index in [1.807, 2.05) is 12.3 Å². The third-order valence-corrected chi connectivity index (χ3v) is 1.99. The summed E-state index contributed by atoms with van der Waals surface area (Å²) in [5.74, 6) is -0.347. The van der Waals surface area contributed by atoms with E-state index in [4.69, 9.17) is 5.73 Å². The summed E-state index contributed by atoms with van der Waals surface area (Å²) in [5.41, 5.74) is 6.79. The van der Waals surface area contributed by atoms with Gasteiger partial charge < -0.3 is 5.73 Å². The van der Waals surface area contributed by atoms with E-state index in [1.165, 1.54) is 12.3 Å². The molecule has 0 aliphatic rings. The quantitative estimate of drug-likeness (QED) is 0.816. The zero-order chi connectivity index (χ0) is 10.7. The molecule has 2 aromatic heterocycles. The average molecular weight is 206 g/mol. The van der Waals surface area contributed by atoms with E-state index in [-0.39, 0.29) is 5.82 Å². The van der Waals surface area contributed by atoms with Gasteiger partial charge in [0.05, 0.1) is 18.4 Å². The van der Waals surface area contributed by atoms with Gasteiger partial charge in [0.15, 0.2) is 0 Å². The summed E-state index contributed by atoms with van der Waals surface area (Å²) in [6.07, 6.45) is 3.00. The van der Waals surface area contributed by atoms with Crippen molar-refractivity contribution in [1.29, 1.82) is 0 Å². The van der Waals surface area contributed by atoms with Crippen molar-refractivity contribution in [1.82, 2.24) is 14.8 Å². The predicted octanol–water partition coefficient (Wildman–Crippen LogP) is 1.04. The number of pyridine rings is 1. The predicted molar refractivity (Wildman–Crippen MR) is 54.5 cm³/mol. The van der Waals surface area contributed by atoms with Crippen molar-refractivity contribution >= 4 is 0 Å². The minimum atomic E-state index is -0.347. The summed E-state index contributed by atoms with van der Waals surface area (Å²) in [6.45, 7) is 1.21. The van der Waals surface area contributed by atoms with Crippen molar-refractivity contribution < 1.29 is 4.39 Å². The van der Waals surface area contributed by atoms with Gasteiger partial charge in [-0.2, -0.15) is 5.10 Å². The highest BCUT2D eigenvalue weighted by Gasteiger charge is 2.03. The molecule has 0 bridgehead atoms. The molecule has 5 heteroatoms. The van der Waals surface area contributed by atoms with Gasteiger partial charge in [0.2, 0.25) is 0 Å². The summed E-state index contributed by atoms with van der Waals surface area (Å²) in [6, 6.07) is 4.80. The first-order valence-corrected chi connectivity index (χ1v) is 4.65. The van der Waals surface area contributed by atoms with Crippen LogP contribution in [0, 0.1) is 5.82 Å². The molecule has 2 aromatic rings. The molecule has 0 saturated heterocycles. The van der Waals surface area contributed by atoms with Crippen LogP contribution in [-0.4, -0.2) is 21.3 Å². The fraction of sp³-hybridized carbons (Fsp3) is 0.200. The van der Waals surface area contributed by atoms with Gasteiger partial charge in [-0.25, -0.2) is 4.39 Å². The zero-order valence-corrected chi connectivity index (χ0v) is 8.10. The van der Waals surface area contributed by atoms with Gasteiger partial charge in [-0.15, -0.1) is 0 Å². The molecule has 0 fully saturated rings. The Labute approximate surface area is 86.6 Å². The number of aromatic nitrogens is 3. The van der Waals surface area contributed by atoms with Crippen molar-refractivity contribution in [2.45, 2.75) is 6.54 Å². The Balaban J connectivity index is 2.25. The molecule has 0 amide bonds. The van der Waals surface area contributed by atoms with Crippen LogP contribution in [0.3, 0.4) is 0 Å². The van der Waals surface area contributed by atoms with Crippen LogP contribution in [0.25, 0.3) is 11.4 Å². The summed E-state index contributed by atoms with van der Waals surface area (Å²) in [7, 11) is 0. The van der Waals surface area contributed by atoms with E-state index in [9.17, 15) is 4.39 Å². The fourth-order valence-corrected chi connectivity index (χ4v) is 1.28. The number of nitrogens with zero attached hydrogens (tertiary/aromatic N) is 3. The van der Waals surface area contributed by atoms with Gasteiger partial charge in [0.1, 0.15) is 11.5 Å². The molecule has 0 aliphatic carbocycles. The maximum absolute atomic E-state index is 12.6. The zero-order valence-electron chi connectivity index (χ0n) is 8.10. The largest absolute Gasteiger partial charge is 0.329 e. The van der Waals surface area contributed by atoms with Crippen LogP contribution in [0.1, 0.15) is 0 Å². The number of halogens is 1. The van der Waals surface area contributed by atoms with Crippen molar-refractivity contribution in [2.24, 2.45) is 5.73 Å². The van der Waals surface area contributed by atoms with Gasteiger partial charge in [0.25, 0.3) is 0 Å². The van der Waals surface area contributed by atoms with Crippen molar-refractivity contribution in [3.05, 3.63) is 36.4 Å². The Kier molecular flexibility index (Phi) is 2.73. The van der Waals surface area contributed by atoms with E-state index in [2.05, 4.69) is 10.1 Å². The van der Waals surface area contributed by atoms with E-state index in [1.54, 1.807) is 10.7 Å². The second-order valence-electron chi connectivity index (χ2n) is 3.11. The molecular weight excluding hydrogens is 195 g/mol. The van der Waals surface area contributed by atoms with Gasteiger partial charge in [-0.3, -0.25) is 9.67 Å². The molecule has 0 aromatic carbocycles. The van der Waals surface area contributed by atoms with Crippen molar-refractivity contribution in [3.8, 4) is 11.4 Å². The topological polar surface area (TPSA) is 56.7 Å². The second kappa shape index (κ2) is 4.18. The molecular formula is C10H11FN4. The third-order valence-electron chi connectivity index (χ3n) is 1.99. The minimum absolute atomic E-state index is 0.347. The molecule has 4 nitrogen and oxygen atoms in total. The van der Waals surface area contributed by atoms with Crippen molar-refractivity contribution in [3.63, 3.8) is 0 Å². The number of hydrogen-bond donors (Lipinski definition) is 1. The molecule has 15 heavy (non-hydrogen) atoms. The summed E-state index contributed by atoms with van der Waals surface area (Å²) >= 11 is 0. The molecule has 0 spiro atoms.